The SMILES string of the molecule is CC(C)CNC(=O)COCCOCCOCCOCCOCCNC(=O)C(C)C. The minimum atomic E-state index is -0.106. The standard InChI is InChI=1S/C20H40N2O7/c1-17(2)15-22-19(23)16-29-14-13-28-12-11-27-10-9-26-8-7-25-6-5-21-20(24)18(3)4/h17-18H,5-16H2,1-4H3,(H,21,24)(H,22,23). The molecule has 0 aliphatic rings. The van der Waals surface area contributed by atoms with Gasteiger partial charge in [-0.2, -0.15) is 0 Å². The van der Waals surface area contributed by atoms with E-state index in [1.54, 1.807) is 0 Å². The molecule has 0 saturated carbocycles. The summed E-state index contributed by atoms with van der Waals surface area (Å²) in [6, 6.07) is 0. The molecule has 0 heterocycles. The molecule has 2 N–H and O–H groups in total. The zero-order chi connectivity index (χ0) is 21.7. The van der Waals surface area contributed by atoms with Gasteiger partial charge in [0.05, 0.1) is 59.5 Å². The molecule has 0 aromatic rings. The second-order valence-electron chi connectivity index (χ2n) is 7.15. The Morgan fingerprint density at radius 2 is 1.10 bits per heavy atom. The van der Waals surface area contributed by atoms with Crippen LogP contribution >= 0.6 is 0 Å². The van der Waals surface area contributed by atoms with Crippen LogP contribution in [0.25, 0.3) is 0 Å². The third kappa shape index (κ3) is 21.3. The minimum absolute atomic E-state index is 0.00954. The Labute approximate surface area is 175 Å². The van der Waals surface area contributed by atoms with Crippen molar-refractivity contribution in [2.24, 2.45) is 11.8 Å². The maximum absolute atomic E-state index is 11.4. The maximum atomic E-state index is 11.4. The van der Waals surface area contributed by atoms with Gasteiger partial charge in [-0.3, -0.25) is 9.59 Å². The van der Waals surface area contributed by atoms with Crippen molar-refractivity contribution in [3.63, 3.8) is 0 Å². The van der Waals surface area contributed by atoms with Gasteiger partial charge in [-0.05, 0) is 5.92 Å². The van der Waals surface area contributed by atoms with E-state index in [4.69, 9.17) is 23.7 Å². The number of rotatable bonds is 20. The number of hydrogen-bond donors (Lipinski definition) is 2. The fourth-order valence-electron chi connectivity index (χ4n) is 1.86. The first-order chi connectivity index (χ1) is 13.9. The molecule has 29 heavy (non-hydrogen) atoms. The summed E-state index contributed by atoms with van der Waals surface area (Å²) in [5.74, 6) is 0.342. The van der Waals surface area contributed by atoms with E-state index >= 15 is 0 Å². The first-order valence-corrected chi connectivity index (χ1v) is 10.4. The van der Waals surface area contributed by atoms with Crippen LogP contribution in [0.3, 0.4) is 0 Å². The van der Waals surface area contributed by atoms with Crippen LogP contribution in [0.5, 0.6) is 0 Å². The highest BCUT2D eigenvalue weighted by atomic mass is 16.6. The number of nitrogens with one attached hydrogen (secondary N) is 2. The van der Waals surface area contributed by atoms with Gasteiger partial charge in [0.25, 0.3) is 0 Å². The molecule has 0 bridgehead atoms. The summed E-state index contributed by atoms with van der Waals surface area (Å²) in [6.07, 6.45) is 0. The second kappa shape index (κ2) is 20.0. The molecule has 0 aromatic carbocycles. The van der Waals surface area contributed by atoms with Crippen molar-refractivity contribution in [2.45, 2.75) is 27.7 Å². The molecule has 2 amide bonds. The molecule has 0 aliphatic heterocycles. The van der Waals surface area contributed by atoms with E-state index < -0.39 is 0 Å². The minimum Gasteiger partial charge on any atom is -0.377 e. The topological polar surface area (TPSA) is 104 Å². The fourth-order valence-corrected chi connectivity index (χ4v) is 1.86. The number of amides is 2. The first-order valence-electron chi connectivity index (χ1n) is 10.4. The van der Waals surface area contributed by atoms with Crippen molar-refractivity contribution < 1.29 is 33.3 Å². The molecule has 9 nitrogen and oxygen atoms in total. The summed E-state index contributed by atoms with van der Waals surface area (Å²) in [4.78, 5) is 22.7. The van der Waals surface area contributed by atoms with Crippen molar-refractivity contribution in [3.8, 4) is 0 Å². The van der Waals surface area contributed by atoms with Crippen molar-refractivity contribution in [1.82, 2.24) is 10.6 Å². The largest absolute Gasteiger partial charge is 0.377 e. The Morgan fingerprint density at radius 3 is 1.55 bits per heavy atom. The molecule has 0 rings (SSSR count). The van der Waals surface area contributed by atoms with Crippen LogP contribution in [0, 0.1) is 11.8 Å². The van der Waals surface area contributed by atoms with Crippen LogP contribution in [0.15, 0.2) is 0 Å². The summed E-state index contributed by atoms with van der Waals surface area (Å²) < 4.78 is 26.7. The normalized spacial score (nSPS) is 11.2. The summed E-state index contributed by atoms with van der Waals surface area (Å²) in [7, 11) is 0. The molecule has 0 atom stereocenters. The number of carbonyl (C=O) groups excluding carboxylic acids is 2. The lowest BCUT2D eigenvalue weighted by atomic mass is 10.2. The lowest BCUT2D eigenvalue weighted by molar-refractivity contribution is -0.126. The van der Waals surface area contributed by atoms with E-state index in [0.29, 0.717) is 78.5 Å². The van der Waals surface area contributed by atoms with Gasteiger partial charge in [0.2, 0.25) is 11.8 Å². The average molecular weight is 421 g/mol. The zero-order valence-electron chi connectivity index (χ0n) is 18.5. The van der Waals surface area contributed by atoms with Gasteiger partial charge in [-0.1, -0.05) is 27.7 Å². The molecule has 0 spiro atoms. The highest BCUT2D eigenvalue weighted by Gasteiger charge is 2.04. The van der Waals surface area contributed by atoms with E-state index in [1.807, 2.05) is 27.7 Å². The highest BCUT2D eigenvalue weighted by molar-refractivity contribution is 5.77. The van der Waals surface area contributed by atoms with E-state index in [-0.39, 0.29) is 24.3 Å². The molecule has 0 aliphatic carbocycles. The van der Waals surface area contributed by atoms with E-state index in [2.05, 4.69) is 10.6 Å². The molecule has 0 radical (unpaired) electrons. The van der Waals surface area contributed by atoms with Gasteiger partial charge >= 0.3 is 0 Å². The van der Waals surface area contributed by atoms with E-state index in [1.165, 1.54) is 0 Å². The Hall–Kier alpha value is -1.26. The lowest BCUT2D eigenvalue weighted by Crippen LogP contribution is -2.31. The van der Waals surface area contributed by atoms with Crippen LogP contribution in [-0.2, 0) is 33.3 Å². The van der Waals surface area contributed by atoms with Crippen LogP contribution in [0.1, 0.15) is 27.7 Å². The van der Waals surface area contributed by atoms with E-state index in [0.717, 1.165) is 0 Å². The van der Waals surface area contributed by atoms with Crippen LogP contribution in [0.2, 0.25) is 0 Å². The molecule has 0 aromatic heterocycles. The summed E-state index contributed by atoms with van der Waals surface area (Å²) in [5.41, 5.74) is 0. The predicted octanol–water partition coefficient (Wildman–Crippen LogP) is 0.614. The zero-order valence-corrected chi connectivity index (χ0v) is 18.5. The quantitative estimate of drug-likeness (QED) is 0.278. The third-order valence-electron chi connectivity index (χ3n) is 3.50. The molecule has 0 fully saturated rings. The van der Waals surface area contributed by atoms with E-state index in [9.17, 15) is 9.59 Å². The molecule has 0 unspecified atom stereocenters. The van der Waals surface area contributed by atoms with Crippen LogP contribution < -0.4 is 10.6 Å². The molecule has 9 heteroatoms. The number of carbonyl (C=O) groups is 2. The predicted molar refractivity (Wildman–Crippen MR) is 110 cm³/mol. The van der Waals surface area contributed by atoms with Crippen molar-refractivity contribution >= 4 is 11.8 Å². The monoisotopic (exact) mass is 420 g/mol. The van der Waals surface area contributed by atoms with Gasteiger partial charge in [0.1, 0.15) is 6.61 Å². The van der Waals surface area contributed by atoms with Gasteiger partial charge < -0.3 is 34.3 Å². The molecular formula is C20H40N2O7. The smallest absolute Gasteiger partial charge is 0.246 e. The summed E-state index contributed by atoms with van der Waals surface area (Å²) >= 11 is 0. The van der Waals surface area contributed by atoms with Crippen LogP contribution in [-0.4, -0.2) is 91.0 Å². The first kappa shape index (κ1) is 27.7. The number of ether oxygens (including phenoxy) is 5. The van der Waals surface area contributed by atoms with Gasteiger partial charge in [0.15, 0.2) is 0 Å². The Morgan fingerprint density at radius 1 is 0.655 bits per heavy atom. The molecule has 0 saturated heterocycles. The van der Waals surface area contributed by atoms with Gasteiger partial charge in [-0.25, -0.2) is 0 Å². The van der Waals surface area contributed by atoms with Crippen molar-refractivity contribution in [1.29, 1.82) is 0 Å². The highest BCUT2D eigenvalue weighted by Crippen LogP contribution is 1.90. The summed E-state index contributed by atoms with van der Waals surface area (Å²) in [6.45, 7) is 13.2. The average Bonchev–Trinajstić information content (AvgIpc) is 2.68. The van der Waals surface area contributed by atoms with Gasteiger partial charge in [-0.15, -0.1) is 0 Å². The molecule has 172 valence electrons. The fraction of sp³-hybridized carbons (Fsp3) is 0.900. The maximum Gasteiger partial charge on any atom is 0.246 e. The number of hydrogen-bond acceptors (Lipinski definition) is 7. The Balaban J connectivity index is 3.15. The molecular weight excluding hydrogens is 380 g/mol. The Kier molecular flexibility index (Phi) is 19.2. The summed E-state index contributed by atoms with van der Waals surface area (Å²) in [5, 5.41) is 5.56. The third-order valence-corrected chi connectivity index (χ3v) is 3.50. The van der Waals surface area contributed by atoms with Crippen LogP contribution in [0.4, 0.5) is 0 Å². The van der Waals surface area contributed by atoms with Crippen molar-refractivity contribution in [3.05, 3.63) is 0 Å². The Bertz CT molecular complexity index is 406. The second-order valence-corrected chi connectivity index (χ2v) is 7.15. The lowest BCUT2D eigenvalue weighted by Gasteiger charge is -2.09. The van der Waals surface area contributed by atoms with Gasteiger partial charge in [0, 0.05) is 19.0 Å². The van der Waals surface area contributed by atoms with Crippen molar-refractivity contribution in [2.75, 3.05) is 79.2 Å².